The van der Waals surface area contributed by atoms with Gasteiger partial charge in [-0.25, -0.2) is 4.39 Å². The molecule has 2 aliphatic rings. The van der Waals surface area contributed by atoms with Crippen molar-refractivity contribution >= 4 is 29.3 Å². The molecule has 1 fully saturated rings. The average molecular weight is 488 g/mol. The fourth-order valence-corrected chi connectivity index (χ4v) is 4.48. The minimum absolute atomic E-state index is 0.0346. The van der Waals surface area contributed by atoms with E-state index in [0.717, 1.165) is 11.4 Å². The summed E-state index contributed by atoms with van der Waals surface area (Å²) in [5.41, 5.74) is 1.74. The third kappa shape index (κ3) is 4.62. The van der Waals surface area contributed by atoms with Gasteiger partial charge in [-0.05, 0) is 36.4 Å². The number of carbonyl (C=O) groups excluding carboxylic acids is 2. The van der Waals surface area contributed by atoms with E-state index in [1.54, 1.807) is 54.5 Å². The molecule has 2 amide bonds. The molecular weight excluding hydrogens is 461 g/mol. The third-order valence-electron chi connectivity index (χ3n) is 6.38. The molecule has 1 saturated heterocycles. The Morgan fingerprint density at radius 1 is 0.944 bits per heavy atom. The molecule has 3 aromatic carbocycles. The molecule has 0 unspecified atom stereocenters. The van der Waals surface area contributed by atoms with Gasteiger partial charge >= 0.3 is 0 Å². The molecule has 0 bridgehead atoms. The molecule has 36 heavy (non-hydrogen) atoms. The van der Waals surface area contributed by atoms with Gasteiger partial charge in [0, 0.05) is 31.7 Å². The highest BCUT2D eigenvalue weighted by Gasteiger charge is 2.33. The normalized spacial score (nSPS) is 16.6. The zero-order chi connectivity index (χ0) is 25.1. The highest BCUT2D eigenvalue weighted by Crippen LogP contribution is 2.36. The lowest BCUT2D eigenvalue weighted by molar-refractivity contribution is -0.131. The maximum atomic E-state index is 14.2. The number of rotatable bonds is 5. The van der Waals surface area contributed by atoms with E-state index in [-0.39, 0.29) is 23.8 Å². The van der Waals surface area contributed by atoms with Gasteiger partial charge in [0.1, 0.15) is 18.1 Å². The number of benzene rings is 3. The molecule has 0 spiro atoms. The van der Waals surface area contributed by atoms with E-state index in [1.165, 1.54) is 17.0 Å². The number of hydrogen-bond donors (Lipinski definition) is 0. The first-order valence-electron chi connectivity index (χ1n) is 11.8. The van der Waals surface area contributed by atoms with Gasteiger partial charge in [0.25, 0.3) is 5.91 Å². The molecule has 0 saturated carbocycles. The molecule has 0 aliphatic carbocycles. The van der Waals surface area contributed by atoms with Crippen molar-refractivity contribution in [3.05, 3.63) is 89.9 Å². The van der Waals surface area contributed by atoms with Crippen molar-refractivity contribution in [2.45, 2.75) is 0 Å². The van der Waals surface area contributed by atoms with Crippen LogP contribution >= 0.6 is 0 Å². The van der Waals surface area contributed by atoms with Crippen molar-refractivity contribution in [1.29, 1.82) is 0 Å². The maximum absolute atomic E-state index is 14.2. The summed E-state index contributed by atoms with van der Waals surface area (Å²) in [7, 11) is 1.64. The van der Waals surface area contributed by atoms with Crippen LogP contribution in [0.15, 0.2) is 78.6 Å². The molecule has 0 radical (unpaired) electrons. The van der Waals surface area contributed by atoms with Gasteiger partial charge in [0.2, 0.25) is 5.91 Å². The number of amides is 2. The van der Waals surface area contributed by atoms with Gasteiger partial charge < -0.3 is 19.3 Å². The van der Waals surface area contributed by atoms with Crippen LogP contribution in [0.4, 0.5) is 15.8 Å². The van der Waals surface area contributed by atoms with E-state index in [4.69, 9.17) is 9.47 Å². The first-order valence-corrected chi connectivity index (χ1v) is 11.8. The van der Waals surface area contributed by atoms with E-state index in [2.05, 4.69) is 4.90 Å². The van der Waals surface area contributed by atoms with Crippen LogP contribution in [0.1, 0.15) is 5.56 Å². The largest absolute Gasteiger partial charge is 0.495 e. The maximum Gasteiger partial charge on any atom is 0.294 e. The van der Waals surface area contributed by atoms with Crippen molar-refractivity contribution in [3.63, 3.8) is 0 Å². The summed E-state index contributed by atoms with van der Waals surface area (Å²) in [4.78, 5) is 32.0. The Morgan fingerprint density at radius 3 is 2.36 bits per heavy atom. The van der Waals surface area contributed by atoms with Crippen LogP contribution in [0.5, 0.6) is 11.5 Å². The lowest BCUT2D eigenvalue weighted by Crippen LogP contribution is -2.52. The Balaban J connectivity index is 1.32. The van der Waals surface area contributed by atoms with E-state index < -0.39 is 11.7 Å². The van der Waals surface area contributed by atoms with Gasteiger partial charge in [-0.1, -0.05) is 42.5 Å². The van der Waals surface area contributed by atoms with Gasteiger partial charge in [-0.2, -0.15) is 0 Å². The second kappa shape index (κ2) is 10.1. The van der Waals surface area contributed by atoms with E-state index >= 15 is 0 Å². The number of carbonyl (C=O) groups is 2. The van der Waals surface area contributed by atoms with Gasteiger partial charge in [0.15, 0.2) is 11.5 Å². The molecule has 5 rings (SSSR count). The molecule has 0 aromatic heterocycles. The molecule has 0 N–H and O–H groups in total. The van der Waals surface area contributed by atoms with Crippen molar-refractivity contribution < 1.29 is 23.5 Å². The minimum atomic E-state index is -0.488. The predicted octanol–water partition coefficient (Wildman–Crippen LogP) is 3.95. The van der Waals surface area contributed by atoms with Gasteiger partial charge in [0.05, 0.1) is 18.5 Å². The Kier molecular flexibility index (Phi) is 6.58. The summed E-state index contributed by atoms with van der Waals surface area (Å²) in [6.07, 6.45) is 1.37. The lowest BCUT2D eigenvalue weighted by Gasteiger charge is -2.38. The molecule has 3 aromatic rings. The Hall–Kier alpha value is -4.33. The van der Waals surface area contributed by atoms with Gasteiger partial charge in [-0.15, -0.1) is 0 Å². The first kappa shape index (κ1) is 23.4. The monoisotopic (exact) mass is 487 g/mol. The molecule has 2 aliphatic heterocycles. The average Bonchev–Trinajstić information content (AvgIpc) is 2.92. The second-order valence-corrected chi connectivity index (χ2v) is 8.53. The van der Waals surface area contributed by atoms with Crippen LogP contribution in [0.3, 0.4) is 0 Å². The van der Waals surface area contributed by atoms with Crippen molar-refractivity contribution in [2.75, 3.05) is 49.6 Å². The van der Waals surface area contributed by atoms with Crippen LogP contribution in [0.2, 0.25) is 0 Å². The zero-order valence-corrected chi connectivity index (χ0v) is 19.9. The van der Waals surface area contributed by atoms with Gasteiger partial charge in [-0.3, -0.25) is 14.5 Å². The number of fused-ring (bicyclic) bond motifs is 1. The van der Waals surface area contributed by atoms with Crippen LogP contribution in [0, 0.1) is 5.82 Å². The standard InChI is InChI=1S/C28H26FN3O4/c1-35-24-12-6-4-10-22(24)30-14-16-31(17-15-30)27(33)19-32-23-11-5-7-13-25(23)36-26(28(32)34)18-20-8-2-3-9-21(20)29/h2-13,18H,14-17,19H2,1H3. The summed E-state index contributed by atoms with van der Waals surface area (Å²) >= 11 is 0. The van der Waals surface area contributed by atoms with E-state index in [0.29, 0.717) is 37.6 Å². The summed E-state index contributed by atoms with van der Waals surface area (Å²) in [6, 6.07) is 21.0. The summed E-state index contributed by atoms with van der Waals surface area (Å²) in [5.74, 6) is 0.0850. The predicted molar refractivity (Wildman–Crippen MR) is 136 cm³/mol. The number of halogens is 1. The Bertz CT molecular complexity index is 1320. The van der Waals surface area contributed by atoms with Crippen LogP contribution in [-0.4, -0.2) is 56.5 Å². The van der Waals surface area contributed by atoms with Crippen LogP contribution in [0.25, 0.3) is 6.08 Å². The second-order valence-electron chi connectivity index (χ2n) is 8.53. The summed E-state index contributed by atoms with van der Waals surface area (Å²) in [6.45, 7) is 2.21. The quantitative estimate of drug-likeness (QED) is 0.510. The molecule has 7 nitrogen and oxygen atoms in total. The SMILES string of the molecule is COc1ccccc1N1CCN(C(=O)CN2C(=O)C(=Cc3ccccc3F)Oc3ccccc32)CC1. The molecule has 0 atom stereocenters. The van der Waals surface area contributed by atoms with E-state index in [1.807, 2.05) is 24.3 Å². The van der Waals surface area contributed by atoms with Crippen LogP contribution < -0.4 is 19.3 Å². The molecule has 2 heterocycles. The number of anilines is 2. The fourth-order valence-electron chi connectivity index (χ4n) is 4.48. The number of hydrogen-bond acceptors (Lipinski definition) is 5. The number of para-hydroxylation sites is 4. The summed E-state index contributed by atoms with van der Waals surface area (Å²) < 4.78 is 25.5. The molecular formula is C28H26FN3O4. The number of nitrogens with zero attached hydrogens (tertiary/aromatic N) is 3. The van der Waals surface area contributed by atoms with E-state index in [9.17, 15) is 14.0 Å². The topological polar surface area (TPSA) is 62.3 Å². The molecule has 8 heteroatoms. The smallest absolute Gasteiger partial charge is 0.294 e. The lowest BCUT2D eigenvalue weighted by atomic mass is 10.1. The highest BCUT2D eigenvalue weighted by atomic mass is 19.1. The Morgan fingerprint density at radius 2 is 1.61 bits per heavy atom. The first-order chi connectivity index (χ1) is 17.5. The zero-order valence-electron chi connectivity index (χ0n) is 19.9. The minimum Gasteiger partial charge on any atom is -0.495 e. The van der Waals surface area contributed by atoms with Crippen molar-refractivity contribution in [1.82, 2.24) is 4.90 Å². The molecule has 184 valence electrons. The van der Waals surface area contributed by atoms with Crippen LogP contribution in [-0.2, 0) is 9.59 Å². The number of methoxy groups -OCH3 is 1. The number of ether oxygens (including phenoxy) is 2. The van der Waals surface area contributed by atoms with Crippen molar-refractivity contribution in [2.24, 2.45) is 0 Å². The number of piperazine rings is 1. The third-order valence-corrected chi connectivity index (χ3v) is 6.38. The highest BCUT2D eigenvalue weighted by molar-refractivity contribution is 6.12. The fraction of sp³-hybridized carbons (Fsp3) is 0.214. The summed E-state index contributed by atoms with van der Waals surface area (Å²) in [5, 5.41) is 0. The van der Waals surface area contributed by atoms with Crippen molar-refractivity contribution in [3.8, 4) is 11.5 Å². The Labute approximate surface area is 208 Å².